The summed E-state index contributed by atoms with van der Waals surface area (Å²) in [4.78, 5) is 23.6. The molecule has 0 radical (unpaired) electrons. The van der Waals surface area contributed by atoms with Crippen LogP contribution >= 0.6 is 0 Å². The van der Waals surface area contributed by atoms with Gasteiger partial charge in [0.2, 0.25) is 0 Å². The van der Waals surface area contributed by atoms with Crippen molar-refractivity contribution in [2.45, 2.75) is 24.7 Å². The largest absolute Gasteiger partial charge is 0.481 e. The molecule has 0 aromatic heterocycles. The number of rotatable bonds is 9. The Balaban J connectivity index is 2.65. The van der Waals surface area contributed by atoms with E-state index in [2.05, 4.69) is 10.6 Å². The number of aliphatic carboxylic acids is 1. The third-order valence-corrected chi connectivity index (χ3v) is 6.30. The summed E-state index contributed by atoms with van der Waals surface area (Å²) < 4.78 is 47.5. The molecule has 0 fully saturated rings. The topological polar surface area (TPSA) is 147 Å². The minimum Gasteiger partial charge on any atom is -0.481 e. The lowest BCUT2D eigenvalue weighted by atomic mass is 10.0. The van der Waals surface area contributed by atoms with E-state index in [1.165, 1.54) is 24.3 Å². The zero-order valence-electron chi connectivity index (χ0n) is 16.9. The molecule has 0 aliphatic carbocycles. The third-order valence-electron chi connectivity index (χ3n) is 4.32. The van der Waals surface area contributed by atoms with Gasteiger partial charge in [-0.1, -0.05) is 0 Å². The van der Waals surface area contributed by atoms with E-state index in [4.69, 9.17) is 5.11 Å². The lowest BCUT2D eigenvalue weighted by Crippen LogP contribution is -2.19. The highest BCUT2D eigenvalue weighted by Gasteiger charge is 2.26. The van der Waals surface area contributed by atoms with Crippen molar-refractivity contribution in [1.82, 2.24) is 5.32 Å². The van der Waals surface area contributed by atoms with Crippen molar-refractivity contribution in [3.05, 3.63) is 41.1 Å². The van der Waals surface area contributed by atoms with Crippen molar-refractivity contribution in [2.24, 2.45) is 0 Å². The Bertz CT molecular complexity index is 1150. The van der Waals surface area contributed by atoms with Crippen LogP contribution in [0.1, 0.15) is 25.3 Å². The summed E-state index contributed by atoms with van der Waals surface area (Å²) in [5, 5.41) is 14.7. The second-order valence-electron chi connectivity index (χ2n) is 7.00. The number of sulfone groups is 2. The number of amides is 1. The molecular formula is C19H24N2O7S2. The molecule has 1 aromatic rings. The Hall–Kier alpha value is -2.66. The van der Waals surface area contributed by atoms with Gasteiger partial charge in [0.15, 0.2) is 19.7 Å². The molecule has 0 atom stereocenters. The van der Waals surface area contributed by atoms with Gasteiger partial charge in [0.25, 0.3) is 5.91 Å². The van der Waals surface area contributed by atoms with Crippen LogP contribution < -0.4 is 10.6 Å². The number of nitrogens with one attached hydrogen (secondary N) is 2. The molecule has 0 saturated carbocycles. The van der Waals surface area contributed by atoms with Gasteiger partial charge in [-0.2, -0.15) is 0 Å². The van der Waals surface area contributed by atoms with Crippen molar-refractivity contribution in [3.63, 3.8) is 0 Å². The first-order valence-electron chi connectivity index (χ1n) is 9.04. The Morgan fingerprint density at radius 2 is 1.83 bits per heavy atom. The summed E-state index contributed by atoms with van der Waals surface area (Å²) in [5.74, 6) is -1.92. The molecule has 1 amide bonds. The molecule has 30 heavy (non-hydrogen) atoms. The van der Waals surface area contributed by atoms with Crippen LogP contribution in [0.4, 0.5) is 5.69 Å². The van der Waals surface area contributed by atoms with Gasteiger partial charge < -0.3 is 15.7 Å². The average molecular weight is 457 g/mol. The number of carboxylic acids is 1. The fourth-order valence-corrected chi connectivity index (χ4v) is 4.59. The molecule has 11 heteroatoms. The second-order valence-corrected chi connectivity index (χ2v) is 11.2. The summed E-state index contributed by atoms with van der Waals surface area (Å²) in [6.07, 6.45) is 3.25. The fourth-order valence-electron chi connectivity index (χ4n) is 3.01. The Morgan fingerprint density at radius 1 is 1.17 bits per heavy atom. The van der Waals surface area contributed by atoms with Gasteiger partial charge in [-0.15, -0.1) is 0 Å². The molecule has 2 rings (SSSR count). The zero-order valence-corrected chi connectivity index (χ0v) is 18.5. The highest BCUT2D eigenvalue weighted by Crippen LogP contribution is 2.34. The van der Waals surface area contributed by atoms with Crippen molar-refractivity contribution < 1.29 is 31.5 Å². The van der Waals surface area contributed by atoms with E-state index in [0.717, 1.165) is 12.5 Å². The van der Waals surface area contributed by atoms with Gasteiger partial charge in [0.05, 0.1) is 16.2 Å². The van der Waals surface area contributed by atoms with Gasteiger partial charge in [-0.05, 0) is 43.2 Å². The van der Waals surface area contributed by atoms with Crippen LogP contribution in [0.2, 0.25) is 0 Å². The van der Waals surface area contributed by atoms with Crippen LogP contribution in [0, 0.1) is 0 Å². The van der Waals surface area contributed by atoms with E-state index in [1.807, 2.05) is 0 Å². The van der Waals surface area contributed by atoms with E-state index in [1.54, 1.807) is 6.92 Å². The van der Waals surface area contributed by atoms with Crippen LogP contribution in [-0.4, -0.2) is 58.6 Å². The number of hydrogen-bond donors (Lipinski definition) is 3. The summed E-state index contributed by atoms with van der Waals surface area (Å²) in [6, 6.07) is 4.26. The fraction of sp³-hybridized carbons (Fsp3) is 0.368. The molecule has 3 N–H and O–H groups in total. The van der Waals surface area contributed by atoms with Crippen LogP contribution in [-0.2, 0) is 29.3 Å². The summed E-state index contributed by atoms with van der Waals surface area (Å²) in [6.45, 7) is 2.18. The average Bonchev–Trinajstić information content (AvgIpc) is 2.91. The normalized spacial score (nSPS) is 16.1. The van der Waals surface area contributed by atoms with Crippen LogP contribution in [0.15, 0.2) is 40.4 Å². The highest BCUT2D eigenvalue weighted by molar-refractivity contribution is 7.91. The standard InChI is InChI=1S/C19H24N2O7S2/c1-4-20-17(12(5-8-18(22)23)11-29(2,25)26)10-15-14-9-13(30(3,27)28)6-7-16(14)21-19(15)24/h6-7,9-10,20H,4-5,8,11H2,1-3H3,(H,21,24)(H,22,23)/b15-10-,17-12-. The maximum absolute atomic E-state index is 12.5. The number of carboxylic acid groups (broad SMARTS) is 1. The lowest BCUT2D eigenvalue weighted by molar-refractivity contribution is -0.137. The number of fused-ring (bicyclic) bond motifs is 1. The maximum Gasteiger partial charge on any atom is 0.303 e. The molecule has 0 spiro atoms. The minimum absolute atomic E-state index is 0.0215. The number of allylic oxidation sites excluding steroid dienone is 1. The van der Waals surface area contributed by atoms with Gasteiger partial charge in [-0.25, -0.2) is 16.8 Å². The first-order valence-corrected chi connectivity index (χ1v) is 13.0. The number of benzene rings is 1. The Kier molecular flexibility index (Phi) is 7.09. The van der Waals surface area contributed by atoms with Crippen molar-refractivity contribution in [1.29, 1.82) is 0 Å². The molecule has 9 nitrogen and oxygen atoms in total. The summed E-state index contributed by atoms with van der Waals surface area (Å²) >= 11 is 0. The maximum atomic E-state index is 12.5. The van der Waals surface area contributed by atoms with E-state index < -0.39 is 31.6 Å². The summed E-state index contributed by atoms with van der Waals surface area (Å²) in [5.41, 5.74) is 1.62. The predicted octanol–water partition coefficient (Wildman–Crippen LogP) is 1.20. The monoisotopic (exact) mass is 456 g/mol. The number of carbonyl (C=O) groups is 2. The van der Waals surface area contributed by atoms with E-state index in [0.29, 0.717) is 29.1 Å². The summed E-state index contributed by atoms with van der Waals surface area (Å²) in [7, 11) is -6.97. The molecule has 0 saturated heterocycles. The zero-order chi connectivity index (χ0) is 22.7. The molecule has 1 aliphatic heterocycles. The Morgan fingerprint density at radius 3 is 2.37 bits per heavy atom. The molecule has 0 unspecified atom stereocenters. The van der Waals surface area contributed by atoms with Crippen LogP contribution in [0.5, 0.6) is 0 Å². The minimum atomic E-state index is -3.50. The predicted molar refractivity (Wildman–Crippen MR) is 113 cm³/mol. The Labute approximate surface area is 175 Å². The second kappa shape index (κ2) is 9.00. The van der Waals surface area contributed by atoms with E-state index in [-0.39, 0.29) is 29.1 Å². The molecular weight excluding hydrogens is 432 g/mol. The van der Waals surface area contributed by atoms with Crippen molar-refractivity contribution in [2.75, 3.05) is 30.1 Å². The van der Waals surface area contributed by atoms with Gasteiger partial charge in [0, 0.05) is 42.4 Å². The smallest absolute Gasteiger partial charge is 0.303 e. The molecule has 1 aromatic carbocycles. The quantitative estimate of drug-likeness (QED) is 0.470. The molecule has 1 heterocycles. The van der Waals surface area contributed by atoms with Gasteiger partial charge in [0.1, 0.15) is 0 Å². The lowest BCUT2D eigenvalue weighted by Gasteiger charge is -2.14. The molecule has 1 aliphatic rings. The van der Waals surface area contributed by atoms with E-state index >= 15 is 0 Å². The van der Waals surface area contributed by atoms with Crippen molar-refractivity contribution in [3.8, 4) is 0 Å². The highest BCUT2D eigenvalue weighted by atomic mass is 32.2. The third kappa shape index (κ3) is 6.17. The van der Waals surface area contributed by atoms with Crippen LogP contribution in [0.25, 0.3) is 5.57 Å². The van der Waals surface area contributed by atoms with Crippen molar-refractivity contribution >= 4 is 42.8 Å². The van der Waals surface area contributed by atoms with Crippen LogP contribution in [0.3, 0.4) is 0 Å². The molecule has 164 valence electrons. The van der Waals surface area contributed by atoms with E-state index in [9.17, 15) is 26.4 Å². The number of carbonyl (C=O) groups excluding carboxylic acids is 1. The number of likely N-dealkylation sites (N-methyl/N-ethyl adjacent to an activating group) is 1. The number of hydrogen-bond acceptors (Lipinski definition) is 7. The SMILES string of the molecule is CCNC(/C=C1\C(=O)Nc2ccc(S(C)(=O)=O)cc21)=C(/CCC(=O)O)CS(C)(=O)=O. The molecule has 0 bridgehead atoms. The van der Waals surface area contributed by atoms with Gasteiger partial charge >= 0.3 is 5.97 Å². The first-order chi connectivity index (χ1) is 13.8. The van der Waals surface area contributed by atoms with Gasteiger partial charge in [-0.3, -0.25) is 9.59 Å². The number of anilines is 1. The first kappa shape index (κ1) is 23.6.